The second kappa shape index (κ2) is 5.17. The van der Waals surface area contributed by atoms with Crippen LogP contribution in [0.3, 0.4) is 0 Å². The highest BCUT2D eigenvalue weighted by atomic mass is 32.2. The van der Waals surface area contributed by atoms with E-state index < -0.39 is 11.6 Å². The van der Waals surface area contributed by atoms with Crippen molar-refractivity contribution >= 4 is 17.8 Å². The summed E-state index contributed by atoms with van der Waals surface area (Å²) in [5, 5.41) is 0. The van der Waals surface area contributed by atoms with Crippen LogP contribution in [0.5, 0.6) is 0 Å². The highest BCUT2D eigenvalue weighted by molar-refractivity contribution is 8.00. The summed E-state index contributed by atoms with van der Waals surface area (Å²) in [4.78, 5) is 4.69. The Morgan fingerprint density at radius 3 is 2.79 bits per heavy atom. The number of fused-ring (bicyclic) bond motifs is 1. The molecule has 0 spiro atoms. The molecule has 98 valence electrons. The van der Waals surface area contributed by atoms with Gasteiger partial charge >= 0.3 is 0 Å². The van der Waals surface area contributed by atoms with Crippen molar-refractivity contribution < 1.29 is 8.78 Å². The number of benzene rings is 1. The smallest absolute Gasteiger partial charge is 0.172 e. The molecule has 0 unspecified atom stereocenters. The second-order valence-corrected chi connectivity index (χ2v) is 5.35. The molecule has 0 saturated heterocycles. The van der Waals surface area contributed by atoms with Gasteiger partial charge in [-0.2, -0.15) is 0 Å². The zero-order valence-corrected chi connectivity index (χ0v) is 10.9. The van der Waals surface area contributed by atoms with Crippen LogP contribution in [0.4, 0.5) is 14.6 Å². The third-order valence-electron chi connectivity index (χ3n) is 3.14. The zero-order valence-electron chi connectivity index (χ0n) is 10.1. The van der Waals surface area contributed by atoms with Crippen LogP contribution in [0.2, 0.25) is 0 Å². The van der Waals surface area contributed by atoms with Crippen molar-refractivity contribution in [3.63, 3.8) is 0 Å². The second-order valence-electron chi connectivity index (χ2n) is 4.47. The van der Waals surface area contributed by atoms with Gasteiger partial charge in [-0.1, -0.05) is 6.07 Å². The molecular formula is C14H12F2N2S. The molecule has 2 aromatic rings. The molecule has 0 saturated carbocycles. The number of nitrogens with zero attached hydrogens (tertiary/aromatic N) is 1. The number of rotatable bonds is 3. The van der Waals surface area contributed by atoms with E-state index in [1.54, 1.807) is 0 Å². The van der Waals surface area contributed by atoms with E-state index in [9.17, 15) is 8.78 Å². The molecule has 0 atom stereocenters. The van der Waals surface area contributed by atoms with Crippen LogP contribution in [0.1, 0.15) is 17.5 Å². The minimum absolute atomic E-state index is 0.0481. The first-order chi connectivity index (χ1) is 9.22. The van der Waals surface area contributed by atoms with Crippen LogP contribution >= 0.6 is 11.9 Å². The lowest BCUT2D eigenvalue weighted by Crippen LogP contribution is -1.96. The molecule has 1 aromatic carbocycles. The van der Waals surface area contributed by atoms with Gasteiger partial charge < -0.3 is 4.72 Å². The summed E-state index contributed by atoms with van der Waals surface area (Å²) in [6.07, 6.45) is 4.44. The molecule has 0 radical (unpaired) electrons. The Hall–Kier alpha value is -1.62. The maximum atomic E-state index is 13.4. The molecule has 1 aliphatic rings. The number of aromatic nitrogens is 1. The largest absolute Gasteiger partial charge is 0.308 e. The topological polar surface area (TPSA) is 24.9 Å². The summed E-state index contributed by atoms with van der Waals surface area (Å²) in [6.45, 7) is 0. The number of pyridine rings is 1. The summed E-state index contributed by atoms with van der Waals surface area (Å²) in [5.41, 5.74) is 2.76. The van der Waals surface area contributed by atoms with Crippen molar-refractivity contribution in [1.82, 2.24) is 4.98 Å². The quantitative estimate of drug-likeness (QED) is 0.860. The molecule has 1 aromatic heterocycles. The Bertz CT molecular complexity index is 616. The highest BCUT2D eigenvalue weighted by Gasteiger charge is 2.11. The van der Waals surface area contributed by atoms with Crippen molar-refractivity contribution in [2.24, 2.45) is 0 Å². The molecule has 3 rings (SSSR count). The third-order valence-corrected chi connectivity index (χ3v) is 3.93. The van der Waals surface area contributed by atoms with E-state index >= 15 is 0 Å². The molecule has 0 bridgehead atoms. The minimum Gasteiger partial charge on any atom is -0.308 e. The van der Waals surface area contributed by atoms with Gasteiger partial charge in [0, 0.05) is 11.0 Å². The van der Waals surface area contributed by atoms with E-state index in [1.165, 1.54) is 29.5 Å². The predicted octanol–water partition coefficient (Wildman–Crippen LogP) is 3.97. The number of aryl methyl sites for hydroxylation is 2. The molecule has 0 fully saturated rings. The Labute approximate surface area is 114 Å². The van der Waals surface area contributed by atoms with Crippen molar-refractivity contribution in [3.8, 4) is 0 Å². The van der Waals surface area contributed by atoms with Crippen molar-refractivity contribution in [2.45, 2.75) is 24.2 Å². The number of halogens is 2. The molecule has 2 nitrogen and oxygen atoms in total. The Morgan fingerprint density at radius 1 is 1.11 bits per heavy atom. The lowest BCUT2D eigenvalue weighted by atomic mass is 10.1. The van der Waals surface area contributed by atoms with Gasteiger partial charge in [0.1, 0.15) is 5.82 Å². The van der Waals surface area contributed by atoms with Crippen molar-refractivity contribution in [2.75, 3.05) is 4.72 Å². The third kappa shape index (κ3) is 2.71. The van der Waals surface area contributed by atoms with Crippen LogP contribution in [0.15, 0.2) is 35.4 Å². The fraction of sp³-hybridized carbons (Fsp3) is 0.214. The Kier molecular flexibility index (Phi) is 3.38. The Balaban J connectivity index is 1.72. The average Bonchev–Trinajstić information content (AvgIpc) is 2.85. The molecule has 0 aliphatic heterocycles. The summed E-state index contributed by atoms with van der Waals surface area (Å²) in [5.74, 6) is -1.31. The predicted molar refractivity (Wildman–Crippen MR) is 72.1 cm³/mol. The van der Waals surface area contributed by atoms with Gasteiger partial charge in [0.15, 0.2) is 11.6 Å². The van der Waals surface area contributed by atoms with E-state index in [0.717, 1.165) is 30.0 Å². The van der Waals surface area contributed by atoms with E-state index in [4.69, 9.17) is 0 Å². The molecular weight excluding hydrogens is 266 g/mol. The van der Waals surface area contributed by atoms with Crippen LogP contribution < -0.4 is 4.72 Å². The van der Waals surface area contributed by atoms with E-state index in [1.807, 2.05) is 6.07 Å². The summed E-state index contributed by atoms with van der Waals surface area (Å²) >= 11 is 1.28. The fourth-order valence-corrected chi connectivity index (χ4v) is 2.91. The molecule has 0 amide bonds. The lowest BCUT2D eigenvalue weighted by molar-refractivity contribution is 0.577. The summed E-state index contributed by atoms with van der Waals surface area (Å²) in [6, 6.07) is 7.05. The van der Waals surface area contributed by atoms with Gasteiger partial charge in [0.25, 0.3) is 0 Å². The van der Waals surface area contributed by atoms with E-state index in [2.05, 4.69) is 21.8 Å². The summed E-state index contributed by atoms with van der Waals surface area (Å²) in [7, 11) is 0. The van der Waals surface area contributed by atoms with E-state index in [0.29, 0.717) is 0 Å². The molecule has 19 heavy (non-hydrogen) atoms. The molecule has 1 heterocycles. The van der Waals surface area contributed by atoms with Crippen molar-refractivity contribution in [1.29, 1.82) is 0 Å². The monoisotopic (exact) mass is 278 g/mol. The molecule has 1 aliphatic carbocycles. The van der Waals surface area contributed by atoms with Crippen LogP contribution in [-0.4, -0.2) is 4.98 Å². The first kappa shape index (κ1) is 12.4. The van der Waals surface area contributed by atoms with Gasteiger partial charge in [0.2, 0.25) is 0 Å². The first-order valence-electron chi connectivity index (χ1n) is 6.08. The number of hydrogen-bond acceptors (Lipinski definition) is 3. The van der Waals surface area contributed by atoms with E-state index in [-0.39, 0.29) is 5.82 Å². The van der Waals surface area contributed by atoms with Gasteiger partial charge in [-0.25, -0.2) is 13.8 Å². The standard InChI is InChI=1S/C14H12F2N2S/c15-11-7-13(16)14(17-8-11)18-19-12-5-4-9-2-1-3-10(9)6-12/h4-8H,1-3H2,(H,17,18). The minimum atomic E-state index is -0.686. The summed E-state index contributed by atoms with van der Waals surface area (Å²) < 4.78 is 28.9. The lowest BCUT2D eigenvalue weighted by Gasteiger charge is -2.07. The first-order valence-corrected chi connectivity index (χ1v) is 6.90. The molecule has 1 N–H and O–H groups in total. The van der Waals surface area contributed by atoms with Crippen molar-refractivity contribution in [3.05, 3.63) is 53.2 Å². The van der Waals surface area contributed by atoms with Crippen LogP contribution in [0, 0.1) is 11.6 Å². The Morgan fingerprint density at radius 2 is 1.95 bits per heavy atom. The van der Waals surface area contributed by atoms with Gasteiger partial charge in [-0.3, -0.25) is 0 Å². The maximum Gasteiger partial charge on any atom is 0.172 e. The number of hydrogen-bond donors (Lipinski definition) is 1. The average molecular weight is 278 g/mol. The number of nitrogens with one attached hydrogen (secondary N) is 1. The zero-order chi connectivity index (χ0) is 13.2. The normalized spacial score (nSPS) is 13.4. The number of anilines is 1. The maximum absolute atomic E-state index is 13.4. The van der Waals surface area contributed by atoms with Gasteiger partial charge in [-0.15, -0.1) is 0 Å². The highest BCUT2D eigenvalue weighted by Crippen LogP contribution is 2.28. The SMILES string of the molecule is Fc1cnc(NSc2ccc3c(c2)CCC3)c(F)c1. The van der Waals surface area contributed by atoms with Crippen LogP contribution in [-0.2, 0) is 12.8 Å². The molecule has 5 heteroatoms. The van der Waals surface area contributed by atoms with Gasteiger partial charge in [-0.05, 0) is 54.5 Å². The van der Waals surface area contributed by atoms with Gasteiger partial charge in [0.05, 0.1) is 6.20 Å². The fourth-order valence-electron chi connectivity index (χ4n) is 2.21. The van der Waals surface area contributed by atoms with Crippen LogP contribution in [0.25, 0.3) is 0 Å².